The summed E-state index contributed by atoms with van der Waals surface area (Å²) in [4.78, 5) is 23.1. The predicted octanol–water partition coefficient (Wildman–Crippen LogP) is 2.70. The van der Waals surface area contributed by atoms with Gasteiger partial charge in [-0.05, 0) is 16.7 Å². The number of hydrogen-bond donors (Lipinski definition) is 0. The Morgan fingerprint density at radius 2 is 2.20 bits per heavy atom. The standard InChI is InChI=1S/C7H3ClN4O3/c8-5-1-4(7(13)10-11-9)2-6(3-5)12(14)15/h1-3H. The summed E-state index contributed by atoms with van der Waals surface area (Å²) >= 11 is 5.55. The molecule has 0 aliphatic heterocycles. The minimum absolute atomic E-state index is 0.0284. The number of carbonyl (C=O) groups is 1. The zero-order chi connectivity index (χ0) is 11.4. The van der Waals surface area contributed by atoms with Gasteiger partial charge in [-0.15, -0.1) is 0 Å². The topological polar surface area (TPSA) is 109 Å². The van der Waals surface area contributed by atoms with Crippen molar-refractivity contribution in [3.05, 3.63) is 49.3 Å². The molecule has 0 fully saturated rings. The van der Waals surface area contributed by atoms with Gasteiger partial charge in [0.2, 0.25) is 5.91 Å². The second-order valence-corrected chi connectivity index (χ2v) is 2.89. The van der Waals surface area contributed by atoms with E-state index in [-0.39, 0.29) is 16.3 Å². The fourth-order valence-corrected chi connectivity index (χ4v) is 1.13. The van der Waals surface area contributed by atoms with E-state index in [4.69, 9.17) is 17.1 Å². The fourth-order valence-electron chi connectivity index (χ4n) is 0.901. The van der Waals surface area contributed by atoms with Gasteiger partial charge < -0.3 is 0 Å². The lowest BCUT2D eigenvalue weighted by atomic mass is 10.2. The van der Waals surface area contributed by atoms with Gasteiger partial charge in [0.05, 0.1) is 4.92 Å². The van der Waals surface area contributed by atoms with Crippen LogP contribution in [0.4, 0.5) is 5.69 Å². The zero-order valence-corrected chi connectivity index (χ0v) is 7.88. The maximum atomic E-state index is 11.1. The largest absolute Gasteiger partial charge is 0.287 e. The molecule has 0 atom stereocenters. The molecule has 0 heterocycles. The summed E-state index contributed by atoms with van der Waals surface area (Å²) in [7, 11) is 0. The normalized spacial score (nSPS) is 9.13. The first-order valence-electron chi connectivity index (χ1n) is 3.59. The van der Waals surface area contributed by atoms with Crippen LogP contribution in [-0.4, -0.2) is 10.8 Å². The van der Waals surface area contributed by atoms with Crippen LogP contribution in [0.1, 0.15) is 10.4 Å². The fraction of sp³-hybridized carbons (Fsp3) is 0. The number of nitrogens with zero attached hydrogens (tertiary/aromatic N) is 4. The summed E-state index contributed by atoms with van der Waals surface area (Å²) < 4.78 is 0. The second kappa shape index (κ2) is 4.41. The second-order valence-electron chi connectivity index (χ2n) is 2.45. The van der Waals surface area contributed by atoms with E-state index < -0.39 is 10.8 Å². The van der Waals surface area contributed by atoms with Crippen LogP contribution in [-0.2, 0) is 0 Å². The first kappa shape index (κ1) is 11.0. The third-order valence-electron chi connectivity index (χ3n) is 1.48. The number of azide groups is 1. The highest BCUT2D eigenvalue weighted by atomic mass is 35.5. The minimum Gasteiger partial charge on any atom is -0.287 e. The Kier molecular flexibility index (Phi) is 3.22. The van der Waals surface area contributed by atoms with Crippen molar-refractivity contribution in [1.29, 1.82) is 0 Å². The van der Waals surface area contributed by atoms with Crippen LogP contribution in [0.3, 0.4) is 0 Å². The summed E-state index contributed by atoms with van der Waals surface area (Å²) in [5.74, 6) is -0.914. The van der Waals surface area contributed by atoms with Gasteiger partial charge in [0, 0.05) is 27.6 Å². The number of hydrogen-bond acceptors (Lipinski definition) is 3. The van der Waals surface area contributed by atoms with E-state index in [1.807, 2.05) is 0 Å². The Balaban J connectivity index is 3.25. The molecule has 0 radical (unpaired) electrons. The van der Waals surface area contributed by atoms with Crippen molar-refractivity contribution in [3.63, 3.8) is 0 Å². The monoisotopic (exact) mass is 226 g/mol. The molecule has 1 aromatic rings. The van der Waals surface area contributed by atoms with Crippen molar-refractivity contribution in [1.82, 2.24) is 0 Å². The van der Waals surface area contributed by atoms with E-state index in [1.165, 1.54) is 6.07 Å². The van der Waals surface area contributed by atoms with E-state index in [1.54, 1.807) is 0 Å². The summed E-state index contributed by atoms with van der Waals surface area (Å²) in [5.41, 5.74) is 7.56. The molecule has 0 aliphatic rings. The van der Waals surface area contributed by atoms with Gasteiger partial charge in [0.1, 0.15) is 0 Å². The van der Waals surface area contributed by atoms with E-state index >= 15 is 0 Å². The van der Waals surface area contributed by atoms with Crippen LogP contribution in [0.15, 0.2) is 23.3 Å². The van der Waals surface area contributed by atoms with E-state index in [9.17, 15) is 14.9 Å². The molecule has 0 saturated heterocycles. The number of nitro groups is 1. The maximum Gasteiger partial charge on any atom is 0.271 e. The van der Waals surface area contributed by atoms with Gasteiger partial charge in [-0.1, -0.05) is 11.6 Å². The average molecular weight is 227 g/mol. The van der Waals surface area contributed by atoms with Gasteiger partial charge in [-0.2, -0.15) is 0 Å². The lowest BCUT2D eigenvalue weighted by Crippen LogP contribution is -1.96. The number of nitro benzene ring substituents is 1. The molecule has 1 amide bonds. The molecule has 76 valence electrons. The van der Waals surface area contributed by atoms with Crippen LogP contribution in [0.2, 0.25) is 5.02 Å². The van der Waals surface area contributed by atoms with Crippen molar-refractivity contribution in [2.75, 3.05) is 0 Å². The number of non-ortho nitro benzene ring substituents is 1. The number of carbonyl (C=O) groups excluding carboxylic acids is 1. The molecule has 0 bridgehead atoms. The van der Waals surface area contributed by atoms with Crippen molar-refractivity contribution in [3.8, 4) is 0 Å². The maximum absolute atomic E-state index is 11.1. The molecule has 0 spiro atoms. The highest BCUT2D eigenvalue weighted by Gasteiger charge is 2.12. The minimum atomic E-state index is -0.914. The van der Waals surface area contributed by atoms with Gasteiger partial charge >= 0.3 is 0 Å². The van der Waals surface area contributed by atoms with Crippen molar-refractivity contribution >= 4 is 23.2 Å². The highest BCUT2D eigenvalue weighted by Crippen LogP contribution is 2.21. The molecule has 0 N–H and O–H groups in total. The summed E-state index contributed by atoms with van der Waals surface area (Å²) in [5, 5.41) is 13.2. The third kappa shape index (κ3) is 2.67. The first-order chi connectivity index (χ1) is 7.04. The van der Waals surface area contributed by atoms with Crippen LogP contribution in [0.5, 0.6) is 0 Å². The first-order valence-corrected chi connectivity index (χ1v) is 3.97. The van der Waals surface area contributed by atoms with E-state index in [2.05, 4.69) is 10.0 Å². The predicted molar refractivity (Wildman–Crippen MR) is 51.6 cm³/mol. The van der Waals surface area contributed by atoms with Crippen LogP contribution >= 0.6 is 11.6 Å². The van der Waals surface area contributed by atoms with Crippen LogP contribution in [0.25, 0.3) is 10.4 Å². The number of rotatable bonds is 2. The average Bonchev–Trinajstić information content (AvgIpc) is 2.17. The Bertz CT molecular complexity index is 481. The molecule has 1 aromatic carbocycles. The van der Waals surface area contributed by atoms with Crippen molar-refractivity contribution < 1.29 is 9.72 Å². The molecule has 0 aromatic heterocycles. The molecular weight excluding hydrogens is 224 g/mol. The van der Waals surface area contributed by atoms with E-state index in [0.29, 0.717) is 0 Å². The summed E-state index contributed by atoms with van der Waals surface area (Å²) in [6.07, 6.45) is 0. The SMILES string of the molecule is [N-]=[N+]=NC(=O)c1cc(Cl)cc([N+](=O)[O-])c1. The quantitative estimate of drug-likeness (QED) is 0.254. The molecule has 0 saturated carbocycles. The lowest BCUT2D eigenvalue weighted by molar-refractivity contribution is -0.384. The number of benzene rings is 1. The van der Waals surface area contributed by atoms with Gasteiger partial charge in [-0.3, -0.25) is 14.9 Å². The number of amides is 1. The molecule has 8 heteroatoms. The number of halogens is 1. The molecule has 0 unspecified atom stereocenters. The zero-order valence-electron chi connectivity index (χ0n) is 7.12. The van der Waals surface area contributed by atoms with Crippen LogP contribution < -0.4 is 0 Å². The van der Waals surface area contributed by atoms with Gasteiger partial charge in [-0.25, -0.2) is 0 Å². The Hall–Kier alpha value is -2.11. The highest BCUT2D eigenvalue weighted by molar-refractivity contribution is 6.31. The molecular formula is C7H3ClN4O3. The van der Waals surface area contributed by atoms with Crippen LogP contribution in [0, 0.1) is 10.1 Å². The Labute approximate surface area is 88.0 Å². The molecule has 7 nitrogen and oxygen atoms in total. The van der Waals surface area contributed by atoms with Gasteiger partial charge in [0.25, 0.3) is 5.69 Å². The smallest absolute Gasteiger partial charge is 0.271 e. The summed E-state index contributed by atoms with van der Waals surface area (Å²) in [6.45, 7) is 0. The lowest BCUT2D eigenvalue weighted by Gasteiger charge is -1.96. The van der Waals surface area contributed by atoms with Crippen molar-refractivity contribution in [2.45, 2.75) is 0 Å². The Morgan fingerprint density at radius 3 is 2.73 bits per heavy atom. The Morgan fingerprint density at radius 1 is 1.53 bits per heavy atom. The molecule has 15 heavy (non-hydrogen) atoms. The summed E-state index contributed by atoms with van der Waals surface area (Å²) in [6, 6.07) is 3.27. The van der Waals surface area contributed by atoms with Gasteiger partial charge in [0.15, 0.2) is 0 Å². The molecule has 1 rings (SSSR count). The van der Waals surface area contributed by atoms with Crippen molar-refractivity contribution in [2.24, 2.45) is 5.11 Å². The van der Waals surface area contributed by atoms with E-state index in [0.717, 1.165) is 12.1 Å². The molecule has 0 aliphatic carbocycles. The third-order valence-corrected chi connectivity index (χ3v) is 1.69.